The van der Waals surface area contributed by atoms with Crippen molar-refractivity contribution in [1.82, 2.24) is 0 Å². The fourth-order valence-corrected chi connectivity index (χ4v) is 2.23. The number of halogens is 2. The lowest BCUT2D eigenvalue weighted by atomic mass is 9.95. The molecule has 0 aromatic rings. The van der Waals surface area contributed by atoms with Crippen LogP contribution in [0.4, 0.5) is 0 Å². The Morgan fingerprint density at radius 2 is 1.76 bits per heavy atom. The van der Waals surface area contributed by atoms with Crippen LogP contribution in [0.2, 0.25) is 0 Å². The largest absolute Gasteiger partial charge is 0.394 e. The molecule has 0 saturated heterocycles. The monoisotopic (exact) mass is 474 g/mol. The normalized spacial score (nSPS) is 18.8. The Morgan fingerprint density at radius 1 is 1.24 bits per heavy atom. The van der Waals surface area contributed by atoms with Crippen molar-refractivity contribution in [2.45, 2.75) is 38.3 Å². The second-order valence-electron chi connectivity index (χ2n) is 3.86. The van der Waals surface area contributed by atoms with Gasteiger partial charge in [-0.25, -0.2) is 0 Å². The zero-order valence-corrected chi connectivity index (χ0v) is 13.7. The summed E-state index contributed by atoms with van der Waals surface area (Å²) in [6, 6.07) is 0. The summed E-state index contributed by atoms with van der Waals surface area (Å²) in [5, 5.41) is 28.6. The van der Waals surface area contributed by atoms with Crippen molar-refractivity contribution in [1.29, 1.82) is 0 Å². The molecule has 0 saturated carbocycles. The minimum atomic E-state index is -1.46. The first kappa shape index (κ1) is 17.9. The molecule has 102 valence electrons. The second kappa shape index (κ2) is 8.93. The van der Waals surface area contributed by atoms with E-state index in [-0.39, 0.29) is 5.92 Å². The highest BCUT2D eigenvalue weighted by Gasteiger charge is 2.38. The maximum Gasteiger partial charge on any atom is 0.166 e. The van der Waals surface area contributed by atoms with Crippen molar-refractivity contribution in [3.8, 4) is 0 Å². The molecule has 8 heteroatoms. The van der Waals surface area contributed by atoms with Crippen molar-refractivity contribution in [2.24, 2.45) is 5.92 Å². The summed E-state index contributed by atoms with van der Waals surface area (Å²) in [6.07, 6.45) is -4.82. The topological polar surface area (TPSA) is 96.2 Å². The highest BCUT2D eigenvalue weighted by atomic mass is 127. The summed E-state index contributed by atoms with van der Waals surface area (Å²) in [5.41, 5.74) is 0. The highest BCUT2D eigenvalue weighted by Crippen LogP contribution is 2.18. The zero-order chi connectivity index (χ0) is 13.6. The Hall–Kier alpha value is 0.930. The molecule has 0 amide bonds. The van der Waals surface area contributed by atoms with Crippen LogP contribution in [0.15, 0.2) is 0 Å². The van der Waals surface area contributed by atoms with E-state index in [1.54, 1.807) is 13.8 Å². The molecule has 0 radical (unpaired) electrons. The van der Waals surface area contributed by atoms with Crippen molar-refractivity contribution >= 4 is 51.8 Å². The Bertz CT molecular complexity index is 234. The third-order valence-electron chi connectivity index (χ3n) is 2.29. The van der Waals surface area contributed by atoms with Gasteiger partial charge >= 0.3 is 0 Å². The van der Waals surface area contributed by atoms with E-state index in [9.17, 15) is 15.0 Å². The molecule has 0 aliphatic heterocycles. The number of rotatable bonds is 8. The van der Waals surface area contributed by atoms with Gasteiger partial charge in [-0.2, -0.15) is 0 Å². The molecule has 0 fully saturated rings. The molecule has 0 bridgehead atoms. The fourth-order valence-electron chi connectivity index (χ4n) is 1.19. The van der Waals surface area contributed by atoms with E-state index >= 15 is 0 Å². The molecule has 0 heterocycles. The third kappa shape index (κ3) is 5.20. The van der Waals surface area contributed by atoms with E-state index in [4.69, 9.17) is 11.2 Å². The second-order valence-corrected chi connectivity index (χ2v) is 4.87. The van der Waals surface area contributed by atoms with Crippen molar-refractivity contribution in [2.75, 3.05) is 6.61 Å². The van der Waals surface area contributed by atoms with Gasteiger partial charge in [-0.1, -0.05) is 13.8 Å². The number of carbonyl (C=O) groups is 1. The summed E-state index contributed by atoms with van der Waals surface area (Å²) in [7, 11) is 0. The summed E-state index contributed by atoms with van der Waals surface area (Å²) in [4.78, 5) is 11.6. The summed E-state index contributed by atoms with van der Waals surface area (Å²) < 4.78 is 9.68. The van der Waals surface area contributed by atoms with E-state index in [0.29, 0.717) is 0 Å². The molecule has 0 aliphatic rings. The first-order chi connectivity index (χ1) is 7.90. The van der Waals surface area contributed by atoms with E-state index in [0.717, 1.165) is 0 Å². The van der Waals surface area contributed by atoms with Gasteiger partial charge in [0, 0.05) is 5.92 Å². The molecule has 0 aliphatic carbocycles. The molecule has 17 heavy (non-hydrogen) atoms. The number of carbonyl (C=O) groups excluding carboxylic acids is 1. The van der Waals surface area contributed by atoms with Gasteiger partial charge in [-0.15, -0.1) is 0 Å². The van der Waals surface area contributed by atoms with Gasteiger partial charge in [-0.3, -0.25) is 4.79 Å². The number of aliphatic hydroxyl groups is 3. The van der Waals surface area contributed by atoms with Crippen LogP contribution in [0.1, 0.15) is 13.8 Å². The number of hydrogen-bond acceptors (Lipinski definition) is 6. The van der Waals surface area contributed by atoms with Crippen LogP contribution in [0, 0.1) is 5.92 Å². The summed E-state index contributed by atoms with van der Waals surface area (Å²) in [5.74, 6) is -0.810. The molecule has 0 aromatic carbocycles. The Balaban J connectivity index is 4.76. The molecule has 3 N–H and O–H groups in total. The van der Waals surface area contributed by atoms with Crippen LogP contribution in [0.25, 0.3) is 0 Å². The molecular formula is C9H16I2O6. The van der Waals surface area contributed by atoms with Crippen LogP contribution in [0.3, 0.4) is 0 Å². The molecule has 0 rings (SSSR count). The lowest BCUT2D eigenvalue weighted by molar-refractivity contribution is -0.141. The van der Waals surface area contributed by atoms with Crippen LogP contribution < -0.4 is 0 Å². The third-order valence-corrected chi connectivity index (χ3v) is 3.53. The number of hydrogen-bond donors (Lipinski definition) is 3. The SMILES string of the molecule is CC(C)C(=O)C(O)C(OI)C(O)C(CO)OI. The number of aliphatic hydroxyl groups excluding tert-OH is 3. The van der Waals surface area contributed by atoms with Gasteiger partial charge in [0.15, 0.2) is 5.78 Å². The fraction of sp³-hybridized carbons (Fsp3) is 0.889. The quantitative estimate of drug-likeness (QED) is 0.441. The van der Waals surface area contributed by atoms with Crippen LogP contribution in [0.5, 0.6) is 0 Å². The van der Waals surface area contributed by atoms with E-state index < -0.39 is 36.8 Å². The molecule has 6 nitrogen and oxygen atoms in total. The lowest BCUT2D eigenvalue weighted by Crippen LogP contribution is -2.50. The van der Waals surface area contributed by atoms with E-state index in [1.807, 2.05) is 0 Å². The van der Waals surface area contributed by atoms with Crippen LogP contribution in [-0.4, -0.2) is 52.1 Å². The minimum Gasteiger partial charge on any atom is -0.394 e. The van der Waals surface area contributed by atoms with Crippen molar-refractivity contribution in [3.63, 3.8) is 0 Å². The lowest BCUT2D eigenvalue weighted by Gasteiger charge is -2.28. The van der Waals surface area contributed by atoms with Gasteiger partial charge < -0.3 is 21.5 Å². The minimum absolute atomic E-state index is 0.376. The number of ketones is 1. The summed E-state index contributed by atoms with van der Waals surface area (Å²) in [6.45, 7) is 2.84. The average Bonchev–Trinajstić information content (AvgIpc) is 2.30. The van der Waals surface area contributed by atoms with Crippen molar-refractivity contribution in [3.05, 3.63) is 0 Å². The standard InChI is InChI=1S/C9H16I2O6/c1-4(2)6(13)8(15)9(17-11)7(14)5(3-12)16-10/h4-5,7-9,12,14-15H,3H2,1-2H3. The first-order valence-corrected chi connectivity index (χ1v) is 6.72. The molecule has 0 aromatic heterocycles. The van der Waals surface area contributed by atoms with Gasteiger partial charge in [0.2, 0.25) is 0 Å². The smallest absolute Gasteiger partial charge is 0.166 e. The molecule has 4 unspecified atom stereocenters. The first-order valence-electron chi connectivity index (χ1n) is 4.96. The Kier molecular flexibility index (Phi) is 9.42. The maximum atomic E-state index is 11.6. The highest BCUT2D eigenvalue weighted by molar-refractivity contribution is 14.1. The predicted octanol–water partition coefficient (Wildman–Crippen LogP) is 0.396. The molecular weight excluding hydrogens is 458 g/mol. The average molecular weight is 474 g/mol. The van der Waals surface area contributed by atoms with Crippen LogP contribution in [-0.2, 0) is 10.9 Å². The van der Waals surface area contributed by atoms with Gasteiger partial charge in [0.05, 0.1) is 6.61 Å². The van der Waals surface area contributed by atoms with Gasteiger partial charge in [0.25, 0.3) is 0 Å². The zero-order valence-electron chi connectivity index (χ0n) is 9.42. The molecule has 0 spiro atoms. The summed E-state index contributed by atoms with van der Waals surface area (Å²) >= 11 is 3.01. The maximum absolute atomic E-state index is 11.6. The van der Waals surface area contributed by atoms with Crippen LogP contribution >= 0.6 is 46.0 Å². The molecule has 4 atom stereocenters. The Labute approximate surface area is 128 Å². The van der Waals surface area contributed by atoms with E-state index in [1.165, 1.54) is 46.0 Å². The van der Waals surface area contributed by atoms with Gasteiger partial charge in [-0.05, 0) is 0 Å². The van der Waals surface area contributed by atoms with Crippen molar-refractivity contribution < 1.29 is 26.2 Å². The van der Waals surface area contributed by atoms with E-state index in [2.05, 4.69) is 0 Å². The van der Waals surface area contributed by atoms with Gasteiger partial charge in [0.1, 0.15) is 70.4 Å². The Morgan fingerprint density at radius 3 is 2.06 bits per heavy atom. The predicted molar refractivity (Wildman–Crippen MR) is 76.7 cm³/mol. The number of Topliss-reactive ketones (excluding diaryl/α,β-unsaturated/α-hetero) is 1.